The fourth-order valence-corrected chi connectivity index (χ4v) is 3.81. The fraction of sp³-hybridized carbons (Fsp3) is 0.550. The molecule has 0 N–H and O–H groups in total. The Bertz CT molecular complexity index is 752. The molecule has 0 aliphatic carbocycles. The highest BCUT2D eigenvalue weighted by Crippen LogP contribution is 2.30. The number of hydrogen-bond acceptors (Lipinski definition) is 5. The van der Waals surface area contributed by atoms with Gasteiger partial charge in [0.05, 0.1) is 18.4 Å². The van der Waals surface area contributed by atoms with E-state index in [1.54, 1.807) is 7.11 Å². The van der Waals surface area contributed by atoms with Gasteiger partial charge in [0.2, 0.25) is 5.91 Å². The summed E-state index contributed by atoms with van der Waals surface area (Å²) in [5.41, 5.74) is 0.883. The minimum absolute atomic E-state index is 0.144. The number of hydrogen-bond donors (Lipinski definition) is 0. The van der Waals surface area contributed by atoms with E-state index in [0.717, 1.165) is 35.1 Å². The molecular weight excluding hydrogens is 360 g/mol. The summed E-state index contributed by atoms with van der Waals surface area (Å²) in [5, 5.41) is 9.31. The zero-order valence-electron chi connectivity index (χ0n) is 17.1. The second-order valence-corrected chi connectivity index (χ2v) is 7.61. The van der Waals surface area contributed by atoms with Gasteiger partial charge in [0.25, 0.3) is 0 Å². The number of para-hydroxylation sites is 1. The van der Waals surface area contributed by atoms with E-state index in [4.69, 9.17) is 4.74 Å². The van der Waals surface area contributed by atoms with Crippen molar-refractivity contribution in [2.45, 2.75) is 57.8 Å². The van der Waals surface area contributed by atoms with Gasteiger partial charge in [-0.3, -0.25) is 4.79 Å². The number of benzene rings is 1. The van der Waals surface area contributed by atoms with Crippen LogP contribution in [0.4, 0.5) is 0 Å². The van der Waals surface area contributed by atoms with Crippen molar-refractivity contribution in [1.82, 2.24) is 19.7 Å². The largest absolute Gasteiger partial charge is 0.496 e. The lowest BCUT2D eigenvalue weighted by Gasteiger charge is -2.34. The van der Waals surface area contributed by atoms with Crippen LogP contribution in [-0.2, 0) is 11.8 Å². The summed E-state index contributed by atoms with van der Waals surface area (Å²) < 4.78 is 7.33. The van der Waals surface area contributed by atoms with Crippen molar-refractivity contribution in [2.24, 2.45) is 7.05 Å². The minimum atomic E-state index is 0.144. The average Bonchev–Trinajstić information content (AvgIpc) is 3.06. The Morgan fingerprint density at radius 1 is 1.19 bits per heavy atom. The van der Waals surface area contributed by atoms with Gasteiger partial charge in [0.15, 0.2) is 11.0 Å². The summed E-state index contributed by atoms with van der Waals surface area (Å²) in [6, 6.07) is 8.19. The first-order valence-corrected chi connectivity index (χ1v) is 10.4. The van der Waals surface area contributed by atoms with Crippen LogP contribution in [0, 0.1) is 0 Å². The predicted molar refractivity (Wildman–Crippen MR) is 110 cm³/mol. The quantitative estimate of drug-likeness (QED) is 0.606. The zero-order chi connectivity index (χ0) is 20.0. The van der Waals surface area contributed by atoms with E-state index in [1.807, 2.05) is 40.8 Å². The molecule has 1 aromatic heterocycles. The molecule has 0 saturated carbocycles. The van der Waals surface area contributed by atoms with Gasteiger partial charge >= 0.3 is 0 Å². The van der Waals surface area contributed by atoms with E-state index in [1.165, 1.54) is 11.8 Å². The van der Waals surface area contributed by atoms with Gasteiger partial charge in [0, 0.05) is 19.1 Å². The number of methoxy groups -OCH3 is 1. The third-order valence-corrected chi connectivity index (χ3v) is 5.93. The van der Waals surface area contributed by atoms with Gasteiger partial charge in [-0.25, -0.2) is 0 Å². The summed E-state index contributed by atoms with van der Waals surface area (Å²) in [5.74, 6) is 1.97. The Labute approximate surface area is 166 Å². The van der Waals surface area contributed by atoms with Crippen molar-refractivity contribution in [3.8, 4) is 17.1 Å². The van der Waals surface area contributed by atoms with Crippen LogP contribution in [0.15, 0.2) is 29.4 Å². The smallest absolute Gasteiger partial charge is 0.233 e. The van der Waals surface area contributed by atoms with Crippen molar-refractivity contribution in [3.63, 3.8) is 0 Å². The van der Waals surface area contributed by atoms with Crippen LogP contribution in [0.25, 0.3) is 11.4 Å². The highest BCUT2D eigenvalue weighted by atomic mass is 32.2. The molecule has 148 valence electrons. The van der Waals surface area contributed by atoms with E-state index in [2.05, 4.69) is 37.9 Å². The third-order valence-electron chi connectivity index (χ3n) is 4.93. The summed E-state index contributed by atoms with van der Waals surface area (Å²) in [7, 11) is 3.55. The summed E-state index contributed by atoms with van der Waals surface area (Å²) in [4.78, 5) is 14.8. The maximum absolute atomic E-state index is 12.8. The number of thioether (sulfide) groups is 1. The average molecular weight is 391 g/mol. The number of carbonyl (C=O) groups is 1. The van der Waals surface area contributed by atoms with Crippen LogP contribution in [0.5, 0.6) is 5.75 Å². The number of ether oxygens (including phenoxy) is 1. The van der Waals surface area contributed by atoms with Gasteiger partial charge in [-0.15, -0.1) is 10.2 Å². The molecule has 7 heteroatoms. The Morgan fingerprint density at radius 3 is 2.41 bits per heavy atom. The van der Waals surface area contributed by atoms with Crippen LogP contribution in [-0.4, -0.2) is 50.5 Å². The standard InChI is InChI=1S/C20H30N4O2S/c1-7-14(3)24(15(4)8-2)18(25)13-27-20-22-21-19(23(20)5)16-11-9-10-12-17(16)26-6/h9-12,14-15H,7-8,13H2,1-6H3. The van der Waals surface area contributed by atoms with Crippen LogP contribution >= 0.6 is 11.8 Å². The number of carbonyl (C=O) groups excluding carboxylic acids is 1. The third kappa shape index (κ3) is 4.83. The van der Waals surface area contributed by atoms with Crippen molar-refractivity contribution in [2.75, 3.05) is 12.9 Å². The highest BCUT2D eigenvalue weighted by Gasteiger charge is 2.24. The first-order chi connectivity index (χ1) is 12.9. The minimum Gasteiger partial charge on any atom is -0.496 e. The molecule has 0 spiro atoms. The van der Waals surface area contributed by atoms with Gasteiger partial charge in [-0.1, -0.05) is 37.7 Å². The zero-order valence-corrected chi connectivity index (χ0v) is 17.9. The van der Waals surface area contributed by atoms with E-state index in [0.29, 0.717) is 5.75 Å². The van der Waals surface area contributed by atoms with Crippen LogP contribution in [0.3, 0.4) is 0 Å². The Morgan fingerprint density at radius 2 is 1.81 bits per heavy atom. The highest BCUT2D eigenvalue weighted by molar-refractivity contribution is 7.99. The van der Waals surface area contributed by atoms with E-state index >= 15 is 0 Å². The first-order valence-electron chi connectivity index (χ1n) is 9.41. The Hall–Kier alpha value is -2.02. The van der Waals surface area contributed by atoms with Crippen LogP contribution in [0.1, 0.15) is 40.5 Å². The summed E-state index contributed by atoms with van der Waals surface area (Å²) in [6.45, 7) is 8.44. The lowest BCUT2D eigenvalue weighted by atomic mass is 10.1. The summed E-state index contributed by atoms with van der Waals surface area (Å²) >= 11 is 1.43. The van der Waals surface area contributed by atoms with Gasteiger partial charge in [-0.2, -0.15) is 0 Å². The lowest BCUT2D eigenvalue weighted by Crippen LogP contribution is -2.45. The van der Waals surface area contributed by atoms with Crippen molar-refractivity contribution in [1.29, 1.82) is 0 Å². The fourth-order valence-electron chi connectivity index (χ4n) is 3.02. The van der Waals surface area contributed by atoms with Crippen molar-refractivity contribution < 1.29 is 9.53 Å². The molecule has 0 radical (unpaired) electrons. The molecular formula is C20H30N4O2S. The predicted octanol–water partition coefficient (Wildman–Crippen LogP) is 4.01. The lowest BCUT2D eigenvalue weighted by molar-refractivity contribution is -0.132. The molecule has 0 bridgehead atoms. The first kappa shape index (κ1) is 21.3. The normalized spacial score (nSPS) is 13.3. The van der Waals surface area contributed by atoms with Crippen LogP contribution in [0.2, 0.25) is 0 Å². The monoisotopic (exact) mass is 390 g/mol. The molecule has 0 fully saturated rings. The van der Waals surface area contributed by atoms with Gasteiger partial charge in [0.1, 0.15) is 5.75 Å². The number of rotatable bonds is 9. The van der Waals surface area contributed by atoms with Crippen LogP contribution < -0.4 is 4.74 Å². The second-order valence-electron chi connectivity index (χ2n) is 6.67. The van der Waals surface area contributed by atoms with Crippen molar-refractivity contribution in [3.05, 3.63) is 24.3 Å². The SMILES string of the molecule is CCC(C)N(C(=O)CSc1nnc(-c2ccccc2OC)n1C)C(C)CC. The number of aromatic nitrogens is 3. The van der Waals surface area contributed by atoms with E-state index in [-0.39, 0.29) is 18.0 Å². The molecule has 1 heterocycles. The van der Waals surface area contributed by atoms with Gasteiger partial charge in [-0.05, 0) is 38.8 Å². The molecule has 2 unspecified atom stereocenters. The van der Waals surface area contributed by atoms with E-state index in [9.17, 15) is 4.79 Å². The molecule has 0 aliphatic heterocycles. The molecule has 0 aliphatic rings. The second kappa shape index (κ2) is 9.78. The number of nitrogens with zero attached hydrogens (tertiary/aromatic N) is 4. The van der Waals surface area contributed by atoms with Gasteiger partial charge < -0.3 is 14.2 Å². The molecule has 2 aromatic rings. The molecule has 0 saturated heterocycles. The van der Waals surface area contributed by atoms with Crippen molar-refractivity contribution >= 4 is 17.7 Å². The molecule has 6 nitrogen and oxygen atoms in total. The molecule has 2 rings (SSSR count). The maximum Gasteiger partial charge on any atom is 0.233 e. The molecule has 1 amide bonds. The van der Waals surface area contributed by atoms with E-state index < -0.39 is 0 Å². The number of amides is 1. The summed E-state index contributed by atoms with van der Waals surface area (Å²) in [6.07, 6.45) is 1.89. The maximum atomic E-state index is 12.8. The molecule has 27 heavy (non-hydrogen) atoms. The Kier molecular flexibility index (Phi) is 7.71. The molecule has 1 aromatic carbocycles. The topological polar surface area (TPSA) is 60.3 Å². The molecule has 2 atom stereocenters. The Balaban J connectivity index is 2.15.